The first-order chi connectivity index (χ1) is 8.85. The van der Waals surface area contributed by atoms with E-state index in [1.165, 1.54) is 19.3 Å². The van der Waals surface area contributed by atoms with E-state index in [1.54, 1.807) is 6.33 Å². The fraction of sp³-hybridized carbons (Fsp3) is 0.692. The van der Waals surface area contributed by atoms with Crippen LogP contribution in [0.3, 0.4) is 0 Å². The molecular formula is C13H20ClN3O. The minimum absolute atomic E-state index is 0.581. The number of anilines is 1. The van der Waals surface area contributed by atoms with Gasteiger partial charge in [-0.15, -0.1) is 11.6 Å². The van der Waals surface area contributed by atoms with Gasteiger partial charge in [-0.05, 0) is 25.7 Å². The molecule has 2 rings (SSSR count). The first-order valence-corrected chi connectivity index (χ1v) is 7.16. The number of hydrogen-bond donors (Lipinski definition) is 0. The maximum atomic E-state index is 5.88. The Morgan fingerprint density at radius 1 is 1.44 bits per heavy atom. The molecular weight excluding hydrogens is 250 g/mol. The van der Waals surface area contributed by atoms with Crippen molar-refractivity contribution in [2.75, 3.05) is 23.9 Å². The molecule has 1 aromatic heterocycles. The zero-order valence-corrected chi connectivity index (χ0v) is 11.6. The standard InChI is InChI=1S/C13H20ClN3O/c1-2-8-18-13-9-12(15-10-16-13)17(7-6-14)11-4-3-5-11/h9-11H,2-8H2,1H3. The number of halogens is 1. The second kappa shape index (κ2) is 6.78. The van der Waals surface area contributed by atoms with Gasteiger partial charge in [0.1, 0.15) is 12.1 Å². The highest BCUT2D eigenvalue weighted by molar-refractivity contribution is 6.18. The molecule has 1 saturated carbocycles. The number of alkyl halides is 1. The lowest BCUT2D eigenvalue weighted by Crippen LogP contribution is -2.42. The van der Waals surface area contributed by atoms with Gasteiger partial charge in [0.15, 0.2) is 0 Å². The molecule has 0 atom stereocenters. The lowest BCUT2D eigenvalue weighted by Gasteiger charge is -2.38. The van der Waals surface area contributed by atoms with Crippen LogP contribution in [0.4, 0.5) is 5.82 Å². The lowest BCUT2D eigenvalue weighted by molar-refractivity contribution is 0.304. The van der Waals surface area contributed by atoms with Crippen molar-refractivity contribution in [3.8, 4) is 5.88 Å². The van der Waals surface area contributed by atoms with E-state index in [0.29, 0.717) is 24.4 Å². The third-order valence-electron chi connectivity index (χ3n) is 3.22. The zero-order valence-electron chi connectivity index (χ0n) is 10.8. The summed E-state index contributed by atoms with van der Waals surface area (Å²) in [4.78, 5) is 10.7. The Kier molecular flexibility index (Phi) is 5.05. The Bertz CT molecular complexity index is 371. The van der Waals surface area contributed by atoms with Crippen molar-refractivity contribution < 1.29 is 4.74 Å². The van der Waals surface area contributed by atoms with Crippen molar-refractivity contribution in [1.29, 1.82) is 0 Å². The maximum absolute atomic E-state index is 5.88. The van der Waals surface area contributed by atoms with Gasteiger partial charge in [-0.25, -0.2) is 9.97 Å². The number of nitrogens with zero attached hydrogens (tertiary/aromatic N) is 3. The molecule has 5 heteroatoms. The van der Waals surface area contributed by atoms with Crippen LogP contribution in [0, 0.1) is 0 Å². The molecule has 1 fully saturated rings. The Hall–Kier alpha value is -1.03. The predicted molar refractivity (Wildman–Crippen MR) is 73.5 cm³/mol. The first-order valence-electron chi connectivity index (χ1n) is 6.62. The normalized spacial score (nSPS) is 15.2. The van der Waals surface area contributed by atoms with Gasteiger partial charge in [-0.1, -0.05) is 6.92 Å². The molecule has 0 aromatic carbocycles. The summed E-state index contributed by atoms with van der Waals surface area (Å²) in [7, 11) is 0. The van der Waals surface area contributed by atoms with Crippen molar-refractivity contribution >= 4 is 17.4 Å². The van der Waals surface area contributed by atoms with E-state index in [1.807, 2.05) is 6.07 Å². The molecule has 0 spiro atoms. The van der Waals surface area contributed by atoms with Crippen LogP contribution < -0.4 is 9.64 Å². The average molecular weight is 270 g/mol. The van der Waals surface area contributed by atoms with E-state index in [0.717, 1.165) is 18.8 Å². The number of hydrogen-bond acceptors (Lipinski definition) is 4. The summed E-state index contributed by atoms with van der Waals surface area (Å²) >= 11 is 5.88. The third kappa shape index (κ3) is 3.25. The molecule has 0 N–H and O–H groups in total. The van der Waals surface area contributed by atoms with Crippen LogP contribution in [0.15, 0.2) is 12.4 Å². The summed E-state index contributed by atoms with van der Waals surface area (Å²) in [6.45, 7) is 3.60. The van der Waals surface area contributed by atoms with Crippen LogP contribution >= 0.6 is 11.6 Å². The smallest absolute Gasteiger partial charge is 0.218 e. The van der Waals surface area contributed by atoms with Crippen LogP contribution in [0.1, 0.15) is 32.6 Å². The van der Waals surface area contributed by atoms with Gasteiger partial charge in [-0.3, -0.25) is 0 Å². The Morgan fingerprint density at radius 2 is 2.28 bits per heavy atom. The van der Waals surface area contributed by atoms with E-state index in [-0.39, 0.29) is 0 Å². The van der Waals surface area contributed by atoms with Gasteiger partial charge >= 0.3 is 0 Å². The predicted octanol–water partition coefficient (Wildman–Crippen LogP) is 2.86. The van der Waals surface area contributed by atoms with Gasteiger partial charge in [0.2, 0.25) is 5.88 Å². The fourth-order valence-electron chi connectivity index (χ4n) is 2.05. The molecule has 0 unspecified atom stereocenters. The van der Waals surface area contributed by atoms with E-state index in [2.05, 4.69) is 21.8 Å². The largest absolute Gasteiger partial charge is 0.478 e. The summed E-state index contributed by atoms with van der Waals surface area (Å²) in [6, 6.07) is 2.50. The monoisotopic (exact) mass is 269 g/mol. The summed E-state index contributed by atoms with van der Waals surface area (Å²) in [5, 5.41) is 0. The molecule has 1 heterocycles. The van der Waals surface area contributed by atoms with Gasteiger partial charge in [0.25, 0.3) is 0 Å². The molecule has 100 valence electrons. The summed E-state index contributed by atoms with van der Waals surface area (Å²) < 4.78 is 5.54. The van der Waals surface area contributed by atoms with E-state index >= 15 is 0 Å². The second-order valence-corrected chi connectivity index (χ2v) is 4.91. The van der Waals surface area contributed by atoms with Crippen LogP contribution in [0.5, 0.6) is 5.88 Å². The Morgan fingerprint density at radius 3 is 2.89 bits per heavy atom. The molecule has 4 nitrogen and oxygen atoms in total. The molecule has 0 saturated heterocycles. The lowest BCUT2D eigenvalue weighted by atomic mass is 9.91. The molecule has 0 aliphatic heterocycles. The van der Waals surface area contributed by atoms with Gasteiger partial charge < -0.3 is 9.64 Å². The summed E-state index contributed by atoms with van der Waals surface area (Å²) in [5.41, 5.74) is 0. The number of ether oxygens (including phenoxy) is 1. The Balaban J connectivity index is 2.08. The molecule has 1 aliphatic rings. The number of aromatic nitrogens is 2. The molecule has 1 aliphatic carbocycles. The highest BCUT2D eigenvalue weighted by Gasteiger charge is 2.25. The highest BCUT2D eigenvalue weighted by Crippen LogP contribution is 2.29. The zero-order chi connectivity index (χ0) is 12.8. The SMILES string of the molecule is CCCOc1cc(N(CCCl)C2CCC2)ncn1. The highest BCUT2D eigenvalue weighted by atomic mass is 35.5. The minimum atomic E-state index is 0.581. The Labute approximate surface area is 113 Å². The van der Waals surface area contributed by atoms with Gasteiger partial charge in [-0.2, -0.15) is 0 Å². The first kappa shape index (κ1) is 13.4. The molecule has 18 heavy (non-hydrogen) atoms. The van der Waals surface area contributed by atoms with E-state index in [4.69, 9.17) is 16.3 Å². The summed E-state index contributed by atoms with van der Waals surface area (Å²) in [5.74, 6) is 2.20. The van der Waals surface area contributed by atoms with Gasteiger partial charge in [0.05, 0.1) is 6.61 Å². The fourth-order valence-corrected chi connectivity index (χ4v) is 2.23. The van der Waals surface area contributed by atoms with Crippen LogP contribution in [0.25, 0.3) is 0 Å². The second-order valence-electron chi connectivity index (χ2n) is 4.53. The van der Waals surface area contributed by atoms with Crippen molar-refractivity contribution in [3.63, 3.8) is 0 Å². The third-order valence-corrected chi connectivity index (χ3v) is 3.39. The van der Waals surface area contributed by atoms with Crippen molar-refractivity contribution in [1.82, 2.24) is 9.97 Å². The quantitative estimate of drug-likeness (QED) is 0.714. The minimum Gasteiger partial charge on any atom is -0.478 e. The number of rotatable bonds is 7. The van der Waals surface area contributed by atoms with Crippen molar-refractivity contribution in [3.05, 3.63) is 12.4 Å². The molecule has 1 aromatic rings. The topological polar surface area (TPSA) is 38.2 Å². The molecule has 0 bridgehead atoms. The van der Waals surface area contributed by atoms with E-state index in [9.17, 15) is 0 Å². The van der Waals surface area contributed by atoms with Crippen LogP contribution in [-0.4, -0.2) is 35.0 Å². The average Bonchev–Trinajstić information content (AvgIpc) is 2.34. The molecule has 0 amide bonds. The van der Waals surface area contributed by atoms with E-state index < -0.39 is 0 Å². The van der Waals surface area contributed by atoms with Crippen LogP contribution in [-0.2, 0) is 0 Å². The maximum Gasteiger partial charge on any atom is 0.218 e. The molecule has 0 radical (unpaired) electrons. The van der Waals surface area contributed by atoms with Crippen molar-refractivity contribution in [2.24, 2.45) is 0 Å². The van der Waals surface area contributed by atoms with Crippen LogP contribution in [0.2, 0.25) is 0 Å². The van der Waals surface area contributed by atoms with Gasteiger partial charge in [0, 0.05) is 24.5 Å². The summed E-state index contributed by atoms with van der Waals surface area (Å²) in [6.07, 6.45) is 6.30. The van der Waals surface area contributed by atoms with Crippen molar-refractivity contribution in [2.45, 2.75) is 38.6 Å².